The van der Waals surface area contributed by atoms with Gasteiger partial charge >= 0.3 is 0 Å². The van der Waals surface area contributed by atoms with Gasteiger partial charge in [0, 0.05) is 0 Å². The number of benzene rings is 2. The van der Waals surface area contributed by atoms with E-state index in [0.717, 1.165) is 0 Å². The minimum Gasteiger partial charge on any atom is -0.0984 e. The molecule has 0 aliphatic heterocycles. The van der Waals surface area contributed by atoms with Crippen LogP contribution in [0.5, 0.6) is 0 Å². The van der Waals surface area contributed by atoms with Crippen molar-refractivity contribution in [3.8, 4) is 11.1 Å². The molecule has 132 valence electrons. The van der Waals surface area contributed by atoms with E-state index in [1.807, 2.05) is 12.2 Å². The third-order valence-electron chi connectivity index (χ3n) is 5.71. The summed E-state index contributed by atoms with van der Waals surface area (Å²) in [4.78, 5) is 0. The molecule has 0 amide bonds. The molecule has 0 bridgehead atoms. The van der Waals surface area contributed by atoms with Crippen LogP contribution in [0.15, 0.2) is 120 Å². The molecule has 0 unspecified atom stereocenters. The van der Waals surface area contributed by atoms with Crippen molar-refractivity contribution in [2.75, 3.05) is 0 Å². The van der Waals surface area contributed by atoms with Crippen LogP contribution in [0, 0.1) is 0 Å². The molecule has 0 saturated heterocycles. The van der Waals surface area contributed by atoms with Crippen molar-refractivity contribution in [2.45, 2.75) is 19.3 Å². The van der Waals surface area contributed by atoms with Crippen LogP contribution in [-0.2, 0) is 5.41 Å². The van der Waals surface area contributed by atoms with Gasteiger partial charge in [0.15, 0.2) is 0 Å². The highest BCUT2D eigenvalue weighted by Crippen LogP contribution is 2.61. The summed E-state index contributed by atoms with van der Waals surface area (Å²) in [6.45, 7) is 12.4. The number of hydrogen-bond donors (Lipinski definition) is 0. The lowest BCUT2D eigenvalue weighted by atomic mass is 9.68. The SMILES string of the molecule is C=CC1=C(/C=C\C)C2(C(/C=C\C)=C1C=C)c1ccccc1-c1ccccc12. The van der Waals surface area contributed by atoms with Gasteiger partial charge in [-0.2, -0.15) is 0 Å². The number of rotatable bonds is 4. The van der Waals surface area contributed by atoms with Gasteiger partial charge in [-0.3, -0.25) is 0 Å². The number of allylic oxidation sites excluding steroid dienone is 10. The first-order valence-corrected chi connectivity index (χ1v) is 9.45. The third-order valence-corrected chi connectivity index (χ3v) is 5.71. The van der Waals surface area contributed by atoms with Crippen LogP contribution in [-0.4, -0.2) is 0 Å². The van der Waals surface area contributed by atoms with E-state index in [1.165, 1.54) is 44.5 Å². The summed E-state index contributed by atoms with van der Waals surface area (Å²) in [6, 6.07) is 17.6. The first-order chi connectivity index (χ1) is 13.2. The Labute approximate surface area is 162 Å². The van der Waals surface area contributed by atoms with Gasteiger partial charge in [-0.15, -0.1) is 0 Å². The highest BCUT2D eigenvalue weighted by molar-refractivity contribution is 5.90. The van der Waals surface area contributed by atoms with Crippen molar-refractivity contribution in [1.82, 2.24) is 0 Å². The largest absolute Gasteiger partial charge is 0.0984 e. The van der Waals surface area contributed by atoms with Gasteiger partial charge in [-0.25, -0.2) is 0 Å². The summed E-state index contributed by atoms with van der Waals surface area (Å²) < 4.78 is 0. The summed E-state index contributed by atoms with van der Waals surface area (Å²) >= 11 is 0. The van der Waals surface area contributed by atoms with E-state index in [-0.39, 0.29) is 5.41 Å². The Kier molecular flexibility index (Phi) is 4.20. The average Bonchev–Trinajstić information content (AvgIpc) is 3.15. The van der Waals surface area contributed by atoms with Gasteiger partial charge in [0.1, 0.15) is 0 Å². The molecule has 0 heteroatoms. The molecule has 0 fully saturated rings. The van der Waals surface area contributed by atoms with E-state index in [0.29, 0.717) is 0 Å². The van der Waals surface area contributed by atoms with E-state index in [2.05, 4.69) is 99.8 Å². The van der Waals surface area contributed by atoms with Crippen molar-refractivity contribution in [3.05, 3.63) is 132 Å². The zero-order valence-electron chi connectivity index (χ0n) is 16.0. The molecule has 0 radical (unpaired) electrons. The monoisotopic (exact) mass is 348 g/mol. The van der Waals surface area contributed by atoms with Crippen LogP contribution in [0.25, 0.3) is 11.1 Å². The molecule has 0 aromatic heterocycles. The van der Waals surface area contributed by atoms with Crippen molar-refractivity contribution in [1.29, 1.82) is 0 Å². The minimum absolute atomic E-state index is 0.320. The summed E-state index contributed by atoms with van der Waals surface area (Å²) in [5, 5.41) is 0. The minimum atomic E-state index is -0.320. The first kappa shape index (κ1) is 17.3. The fraction of sp³-hybridized carbons (Fsp3) is 0.111. The quantitative estimate of drug-likeness (QED) is 0.553. The Morgan fingerprint density at radius 2 is 1.07 bits per heavy atom. The number of fused-ring (bicyclic) bond motifs is 5. The maximum Gasteiger partial charge on any atom is 0.0725 e. The third kappa shape index (κ3) is 2.10. The highest BCUT2D eigenvalue weighted by atomic mass is 14.5. The Hall–Kier alpha value is -3.12. The van der Waals surface area contributed by atoms with Crippen LogP contribution in [0.4, 0.5) is 0 Å². The second-order valence-electron chi connectivity index (χ2n) is 6.90. The summed E-state index contributed by atoms with van der Waals surface area (Å²) in [7, 11) is 0. The van der Waals surface area contributed by atoms with E-state index in [9.17, 15) is 0 Å². The van der Waals surface area contributed by atoms with Gasteiger partial charge in [0.05, 0.1) is 5.41 Å². The fourth-order valence-corrected chi connectivity index (χ4v) is 4.86. The maximum absolute atomic E-state index is 4.14. The van der Waals surface area contributed by atoms with E-state index >= 15 is 0 Å². The van der Waals surface area contributed by atoms with Crippen LogP contribution >= 0.6 is 0 Å². The Morgan fingerprint density at radius 3 is 1.44 bits per heavy atom. The molecule has 2 aromatic carbocycles. The van der Waals surface area contributed by atoms with E-state index < -0.39 is 0 Å². The second kappa shape index (κ2) is 6.55. The molecular weight excluding hydrogens is 324 g/mol. The molecule has 27 heavy (non-hydrogen) atoms. The predicted molar refractivity (Wildman–Crippen MR) is 117 cm³/mol. The lowest BCUT2D eigenvalue weighted by Gasteiger charge is -2.32. The Morgan fingerprint density at radius 1 is 0.667 bits per heavy atom. The van der Waals surface area contributed by atoms with Crippen molar-refractivity contribution < 1.29 is 0 Å². The average molecular weight is 348 g/mol. The lowest BCUT2D eigenvalue weighted by molar-refractivity contribution is 0.778. The molecular formula is C27H24. The molecule has 4 rings (SSSR count). The topological polar surface area (TPSA) is 0 Å². The van der Waals surface area contributed by atoms with Gasteiger partial charge in [0.2, 0.25) is 0 Å². The van der Waals surface area contributed by atoms with Crippen molar-refractivity contribution in [3.63, 3.8) is 0 Å². The Balaban J connectivity index is 2.26. The maximum atomic E-state index is 4.14. The normalized spacial score (nSPS) is 17.3. The van der Waals surface area contributed by atoms with Crippen molar-refractivity contribution in [2.24, 2.45) is 0 Å². The summed E-state index contributed by atoms with van der Waals surface area (Å²) in [6.07, 6.45) is 12.7. The standard InChI is InChI=1S/C27H24/c1-5-13-23-19(7-3)20(8-4)24(14-6-2)27(23)25-17-11-9-15-21(25)22-16-10-12-18-26(22)27/h5-18H,3-4H2,1-2H3/b13-5-,14-6-. The second-order valence-corrected chi connectivity index (χ2v) is 6.90. The zero-order valence-corrected chi connectivity index (χ0v) is 16.0. The molecule has 0 N–H and O–H groups in total. The van der Waals surface area contributed by atoms with Gasteiger partial charge in [-0.1, -0.05) is 98.1 Å². The van der Waals surface area contributed by atoms with Gasteiger partial charge < -0.3 is 0 Å². The Bertz CT molecular complexity index is 979. The lowest BCUT2D eigenvalue weighted by Crippen LogP contribution is -2.27. The van der Waals surface area contributed by atoms with Gasteiger partial charge in [-0.05, 0) is 58.4 Å². The molecule has 2 aliphatic rings. The number of hydrogen-bond acceptors (Lipinski definition) is 0. The summed E-state index contributed by atoms with van der Waals surface area (Å²) in [5.41, 5.74) is 9.87. The molecule has 1 spiro atoms. The van der Waals surface area contributed by atoms with E-state index in [4.69, 9.17) is 0 Å². The van der Waals surface area contributed by atoms with Crippen LogP contribution in [0.1, 0.15) is 25.0 Å². The highest BCUT2D eigenvalue weighted by Gasteiger charge is 2.51. The van der Waals surface area contributed by atoms with Crippen LogP contribution < -0.4 is 0 Å². The van der Waals surface area contributed by atoms with E-state index in [1.54, 1.807) is 0 Å². The van der Waals surface area contributed by atoms with Gasteiger partial charge in [0.25, 0.3) is 0 Å². The smallest absolute Gasteiger partial charge is 0.0725 e. The molecule has 2 aliphatic carbocycles. The van der Waals surface area contributed by atoms with Crippen molar-refractivity contribution >= 4 is 0 Å². The molecule has 2 aromatic rings. The fourth-order valence-electron chi connectivity index (χ4n) is 4.86. The first-order valence-electron chi connectivity index (χ1n) is 9.45. The molecule has 0 atom stereocenters. The molecule has 0 heterocycles. The molecule has 0 nitrogen and oxygen atoms in total. The zero-order chi connectivity index (χ0) is 19.0. The predicted octanol–water partition coefficient (Wildman–Crippen LogP) is 7.08. The van der Waals surface area contributed by atoms with Crippen LogP contribution in [0.2, 0.25) is 0 Å². The van der Waals surface area contributed by atoms with Crippen LogP contribution in [0.3, 0.4) is 0 Å². The molecule has 0 saturated carbocycles. The summed E-state index contributed by atoms with van der Waals surface area (Å²) in [5.74, 6) is 0.